The Kier molecular flexibility index (Phi) is 8.72. The maximum atomic E-state index is 12.6. The number of halogens is 3. The Bertz CT molecular complexity index is 863. The van der Waals surface area contributed by atoms with Crippen LogP contribution in [0.2, 0.25) is 5.02 Å². The lowest BCUT2D eigenvalue weighted by Gasteiger charge is -2.19. The number of nitrogens with zero attached hydrogens (tertiary/aromatic N) is 1. The number of para-hydroxylation sites is 1. The topological polar surface area (TPSA) is 61.4 Å². The highest BCUT2D eigenvalue weighted by molar-refractivity contribution is 7.99. The van der Waals surface area contributed by atoms with Crippen LogP contribution in [0.5, 0.6) is 0 Å². The van der Waals surface area contributed by atoms with Gasteiger partial charge in [-0.15, -0.1) is 0 Å². The summed E-state index contributed by atoms with van der Waals surface area (Å²) in [6.45, 7) is 4.85. The number of anilines is 2. The minimum atomic E-state index is -2.58. The van der Waals surface area contributed by atoms with Crippen molar-refractivity contribution in [3.63, 3.8) is 0 Å². The minimum absolute atomic E-state index is 0.0899. The summed E-state index contributed by atoms with van der Waals surface area (Å²) in [6, 6.07) is 11.2. The summed E-state index contributed by atoms with van der Waals surface area (Å²) in [5, 5.41) is 5.81. The van der Waals surface area contributed by atoms with Crippen LogP contribution >= 0.6 is 23.4 Å². The smallest absolute Gasteiger partial charge is 0.288 e. The maximum absolute atomic E-state index is 12.6. The van der Waals surface area contributed by atoms with Gasteiger partial charge in [-0.3, -0.25) is 9.59 Å². The third-order valence-corrected chi connectivity index (χ3v) is 5.18. The van der Waals surface area contributed by atoms with E-state index in [2.05, 4.69) is 10.6 Å². The first-order valence-corrected chi connectivity index (χ1v) is 10.3. The zero-order chi connectivity index (χ0) is 21.4. The van der Waals surface area contributed by atoms with E-state index in [0.717, 1.165) is 0 Å². The molecule has 0 spiro atoms. The van der Waals surface area contributed by atoms with Crippen LogP contribution in [0.15, 0.2) is 47.4 Å². The van der Waals surface area contributed by atoms with Gasteiger partial charge in [-0.25, -0.2) is 0 Å². The van der Waals surface area contributed by atoms with Gasteiger partial charge in [0.2, 0.25) is 5.91 Å². The number of benzene rings is 2. The molecule has 0 aromatic heterocycles. The molecule has 0 aliphatic rings. The largest absolute Gasteiger partial charge is 0.376 e. The van der Waals surface area contributed by atoms with Gasteiger partial charge in [-0.2, -0.15) is 8.78 Å². The van der Waals surface area contributed by atoms with Gasteiger partial charge in [0.15, 0.2) is 0 Å². The van der Waals surface area contributed by atoms with E-state index in [1.165, 1.54) is 6.07 Å². The fourth-order valence-corrected chi connectivity index (χ4v) is 3.48. The third kappa shape index (κ3) is 6.61. The van der Waals surface area contributed by atoms with Crippen LogP contribution in [0.3, 0.4) is 0 Å². The Morgan fingerprint density at radius 2 is 1.83 bits per heavy atom. The van der Waals surface area contributed by atoms with Crippen LogP contribution in [0, 0.1) is 0 Å². The Balaban J connectivity index is 1.99. The number of hydrogen-bond donors (Lipinski definition) is 2. The van der Waals surface area contributed by atoms with Gasteiger partial charge in [0.05, 0.1) is 22.8 Å². The van der Waals surface area contributed by atoms with Crippen molar-refractivity contribution < 1.29 is 18.4 Å². The van der Waals surface area contributed by atoms with Crippen LogP contribution in [0.1, 0.15) is 24.2 Å². The zero-order valence-corrected chi connectivity index (χ0v) is 17.6. The number of nitrogens with one attached hydrogen (secondary N) is 2. The Morgan fingerprint density at radius 3 is 2.45 bits per heavy atom. The standard InChI is InChI=1S/C20H22ClF2N3O2S/c1-3-26(4-2)19(28)14-10-9-13(11-15(14)21)24-12-18(27)25-16-7-5-6-8-17(16)29-20(22)23/h5-11,20,24H,3-4,12H2,1-2H3,(H,25,27). The van der Waals surface area contributed by atoms with E-state index in [1.807, 2.05) is 13.8 Å². The number of hydrogen-bond acceptors (Lipinski definition) is 4. The van der Waals surface area contributed by atoms with Crippen LogP contribution < -0.4 is 10.6 Å². The summed E-state index contributed by atoms with van der Waals surface area (Å²) in [4.78, 5) is 26.6. The van der Waals surface area contributed by atoms with Crippen molar-refractivity contribution >= 4 is 46.6 Å². The molecule has 0 heterocycles. The highest BCUT2D eigenvalue weighted by Crippen LogP contribution is 2.31. The molecule has 2 aromatic carbocycles. The van der Waals surface area contributed by atoms with Crippen molar-refractivity contribution in [2.75, 3.05) is 30.3 Å². The Labute approximate surface area is 177 Å². The second kappa shape index (κ2) is 11.0. The molecular weight excluding hydrogens is 420 g/mol. The van der Waals surface area contributed by atoms with Crippen molar-refractivity contribution in [1.82, 2.24) is 4.90 Å². The van der Waals surface area contributed by atoms with E-state index in [-0.39, 0.29) is 22.4 Å². The summed E-state index contributed by atoms with van der Waals surface area (Å²) >= 11 is 6.61. The molecule has 156 valence electrons. The fraction of sp³-hybridized carbons (Fsp3) is 0.300. The highest BCUT2D eigenvalue weighted by Gasteiger charge is 2.16. The lowest BCUT2D eigenvalue weighted by molar-refractivity contribution is -0.114. The lowest BCUT2D eigenvalue weighted by atomic mass is 10.1. The normalized spacial score (nSPS) is 10.7. The van der Waals surface area contributed by atoms with Gasteiger partial charge in [-0.1, -0.05) is 35.5 Å². The number of rotatable bonds is 9. The Hall–Kier alpha value is -2.32. The average Bonchev–Trinajstić information content (AvgIpc) is 2.68. The van der Waals surface area contributed by atoms with Crippen molar-refractivity contribution in [3.05, 3.63) is 53.1 Å². The summed E-state index contributed by atoms with van der Waals surface area (Å²) in [7, 11) is 0. The molecular formula is C20H22ClF2N3O2S. The lowest BCUT2D eigenvalue weighted by Crippen LogP contribution is -2.30. The van der Waals surface area contributed by atoms with Crippen LogP contribution in [0.25, 0.3) is 0 Å². The minimum Gasteiger partial charge on any atom is -0.376 e. The molecule has 2 N–H and O–H groups in total. The number of thioether (sulfide) groups is 1. The molecule has 9 heteroatoms. The summed E-state index contributed by atoms with van der Waals surface area (Å²) < 4.78 is 25.3. The van der Waals surface area contributed by atoms with Gasteiger partial charge in [-0.05, 0) is 44.2 Å². The van der Waals surface area contributed by atoms with Crippen molar-refractivity contribution in [3.8, 4) is 0 Å². The predicted octanol–water partition coefficient (Wildman–Crippen LogP) is 5.19. The molecule has 29 heavy (non-hydrogen) atoms. The number of carbonyl (C=O) groups excluding carboxylic acids is 2. The van der Waals surface area contributed by atoms with Gasteiger partial charge in [0.1, 0.15) is 0 Å². The van der Waals surface area contributed by atoms with Crippen LogP contribution in [-0.4, -0.2) is 42.1 Å². The second-order valence-corrected chi connectivity index (χ2v) is 7.39. The summed E-state index contributed by atoms with van der Waals surface area (Å²) in [5.41, 5.74) is 1.28. The second-order valence-electron chi connectivity index (χ2n) is 5.95. The molecule has 2 rings (SSSR count). The first-order chi connectivity index (χ1) is 13.8. The number of amides is 2. The molecule has 0 unspecified atom stereocenters. The predicted molar refractivity (Wildman–Crippen MR) is 114 cm³/mol. The third-order valence-electron chi connectivity index (χ3n) is 4.08. The van der Waals surface area contributed by atoms with Crippen molar-refractivity contribution in [2.45, 2.75) is 24.5 Å². The molecule has 2 amide bonds. The molecule has 0 aliphatic heterocycles. The van der Waals surface area contributed by atoms with E-state index < -0.39 is 11.7 Å². The maximum Gasteiger partial charge on any atom is 0.288 e. The highest BCUT2D eigenvalue weighted by atomic mass is 35.5. The van der Waals surface area contributed by atoms with Crippen LogP contribution in [-0.2, 0) is 4.79 Å². The average molecular weight is 442 g/mol. The van der Waals surface area contributed by atoms with Crippen molar-refractivity contribution in [1.29, 1.82) is 0 Å². The SMILES string of the molecule is CCN(CC)C(=O)c1ccc(NCC(=O)Nc2ccccc2SC(F)F)cc1Cl. The first kappa shape index (κ1) is 23.0. The monoisotopic (exact) mass is 441 g/mol. The van der Waals surface area contributed by atoms with E-state index >= 15 is 0 Å². The van der Waals surface area contributed by atoms with Gasteiger partial charge < -0.3 is 15.5 Å². The van der Waals surface area contributed by atoms with E-state index in [1.54, 1.807) is 41.3 Å². The Morgan fingerprint density at radius 1 is 1.14 bits per heavy atom. The molecule has 0 saturated carbocycles. The van der Waals surface area contributed by atoms with E-state index in [0.29, 0.717) is 41.8 Å². The molecule has 0 aliphatic carbocycles. The molecule has 0 fully saturated rings. The van der Waals surface area contributed by atoms with E-state index in [9.17, 15) is 18.4 Å². The zero-order valence-electron chi connectivity index (χ0n) is 16.0. The van der Waals surface area contributed by atoms with E-state index in [4.69, 9.17) is 11.6 Å². The summed E-state index contributed by atoms with van der Waals surface area (Å²) in [5.74, 6) is -3.13. The molecule has 2 aromatic rings. The van der Waals surface area contributed by atoms with Crippen LogP contribution in [0.4, 0.5) is 20.2 Å². The quantitative estimate of drug-likeness (QED) is 0.526. The van der Waals surface area contributed by atoms with Crippen molar-refractivity contribution in [2.24, 2.45) is 0 Å². The fourth-order valence-electron chi connectivity index (χ4n) is 2.63. The summed E-state index contributed by atoms with van der Waals surface area (Å²) in [6.07, 6.45) is 0. The molecule has 0 saturated heterocycles. The number of alkyl halides is 2. The first-order valence-electron chi connectivity index (χ1n) is 9.02. The molecule has 0 atom stereocenters. The molecule has 5 nitrogen and oxygen atoms in total. The van der Waals surface area contributed by atoms with Gasteiger partial charge >= 0.3 is 0 Å². The van der Waals surface area contributed by atoms with Gasteiger partial charge in [0.25, 0.3) is 11.7 Å². The molecule has 0 bridgehead atoms. The molecule has 0 radical (unpaired) electrons. The number of carbonyl (C=O) groups is 2. The van der Waals surface area contributed by atoms with Gasteiger partial charge in [0, 0.05) is 23.7 Å².